The Hall–Kier alpha value is -1.78. The minimum atomic E-state index is -0.240. The number of halogens is 2. The molecule has 1 amide bonds. The lowest BCUT2D eigenvalue weighted by Gasteiger charge is -2.09. The number of amides is 1. The number of methoxy groups -OCH3 is 1. The van der Waals surface area contributed by atoms with Crippen molar-refractivity contribution < 1.29 is 9.53 Å². The number of rotatable bonds is 5. The lowest BCUT2D eigenvalue weighted by molar-refractivity contribution is 0.0954. The van der Waals surface area contributed by atoms with Gasteiger partial charge in [0.1, 0.15) is 16.1 Å². The first kappa shape index (κ1) is 15.6. The van der Waals surface area contributed by atoms with Crippen LogP contribution in [0.15, 0.2) is 36.4 Å². The van der Waals surface area contributed by atoms with Crippen LogP contribution in [0.3, 0.4) is 0 Å². The van der Waals surface area contributed by atoms with E-state index in [0.717, 1.165) is 11.3 Å². The van der Waals surface area contributed by atoms with Crippen LogP contribution in [0.2, 0.25) is 10.3 Å². The van der Waals surface area contributed by atoms with Crippen LogP contribution in [-0.4, -0.2) is 24.5 Å². The largest absolute Gasteiger partial charge is 0.496 e. The van der Waals surface area contributed by atoms with Crippen molar-refractivity contribution in [3.63, 3.8) is 0 Å². The van der Waals surface area contributed by atoms with Crippen LogP contribution in [0.5, 0.6) is 5.75 Å². The zero-order valence-electron chi connectivity index (χ0n) is 11.4. The summed E-state index contributed by atoms with van der Waals surface area (Å²) >= 11 is 11.5. The molecule has 2 aromatic rings. The van der Waals surface area contributed by atoms with Crippen molar-refractivity contribution in [2.75, 3.05) is 13.7 Å². The third kappa shape index (κ3) is 4.34. The van der Waals surface area contributed by atoms with Gasteiger partial charge < -0.3 is 10.1 Å². The van der Waals surface area contributed by atoms with E-state index in [1.54, 1.807) is 7.11 Å². The standard InChI is InChI=1S/C15H14Cl2N2O2/c1-21-12-5-3-2-4-10(12)6-7-18-15(20)11-8-13(16)19-14(17)9-11/h2-5,8-9H,6-7H2,1H3,(H,18,20). The molecule has 0 bridgehead atoms. The highest BCUT2D eigenvalue weighted by Gasteiger charge is 2.09. The third-order valence-corrected chi connectivity index (χ3v) is 3.28. The van der Waals surface area contributed by atoms with Gasteiger partial charge in [0.25, 0.3) is 5.91 Å². The maximum atomic E-state index is 12.0. The molecule has 1 heterocycles. The molecule has 0 fully saturated rings. The first-order chi connectivity index (χ1) is 10.1. The Morgan fingerprint density at radius 2 is 1.90 bits per heavy atom. The molecule has 0 radical (unpaired) electrons. The molecule has 0 saturated carbocycles. The average Bonchev–Trinajstić information content (AvgIpc) is 2.46. The normalized spacial score (nSPS) is 10.2. The molecular weight excluding hydrogens is 311 g/mol. The summed E-state index contributed by atoms with van der Waals surface area (Å²) in [6, 6.07) is 10.6. The number of ether oxygens (including phenoxy) is 1. The van der Waals surface area contributed by atoms with E-state index in [0.29, 0.717) is 18.5 Å². The van der Waals surface area contributed by atoms with Crippen LogP contribution in [0.25, 0.3) is 0 Å². The van der Waals surface area contributed by atoms with Gasteiger partial charge in [0, 0.05) is 12.1 Å². The summed E-state index contributed by atoms with van der Waals surface area (Å²) in [4.78, 5) is 15.8. The molecule has 2 rings (SSSR count). The van der Waals surface area contributed by atoms with Gasteiger partial charge in [-0.1, -0.05) is 41.4 Å². The predicted molar refractivity (Wildman–Crippen MR) is 83.3 cm³/mol. The molecular formula is C15H14Cl2N2O2. The van der Waals surface area contributed by atoms with Crippen molar-refractivity contribution in [3.05, 3.63) is 57.8 Å². The summed E-state index contributed by atoms with van der Waals surface area (Å²) in [5, 5.41) is 3.20. The van der Waals surface area contributed by atoms with Crippen LogP contribution in [-0.2, 0) is 6.42 Å². The van der Waals surface area contributed by atoms with E-state index < -0.39 is 0 Å². The summed E-state index contributed by atoms with van der Waals surface area (Å²) in [6.45, 7) is 0.483. The van der Waals surface area contributed by atoms with Crippen LogP contribution in [0.4, 0.5) is 0 Å². The molecule has 0 aliphatic heterocycles. The van der Waals surface area contributed by atoms with Crippen LogP contribution in [0, 0.1) is 0 Å². The highest BCUT2D eigenvalue weighted by Crippen LogP contribution is 2.17. The zero-order chi connectivity index (χ0) is 15.2. The Bertz CT molecular complexity index is 627. The Kier molecular flexibility index (Phi) is 5.42. The Morgan fingerprint density at radius 3 is 2.57 bits per heavy atom. The van der Waals surface area contributed by atoms with E-state index in [4.69, 9.17) is 27.9 Å². The monoisotopic (exact) mass is 324 g/mol. The first-order valence-corrected chi connectivity index (χ1v) is 7.09. The number of hydrogen-bond acceptors (Lipinski definition) is 3. The fourth-order valence-electron chi connectivity index (χ4n) is 1.92. The second-order valence-corrected chi connectivity index (χ2v) is 5.09. The van der Waals surface area contributed by atoms with E-state index in [-0.39, 0.29) is 16.2 Å². The number of benzene rings is 1. The number of nitrogens with zero attached hydrogens (tertiary/aromatic N) is 1. The van der Waals surface area contributed by atoms with E-state index in [9.17, 15) is 4.79 Å². The number of nitrogens with one attached hydrogen (secondary N) is 1. The molecule has 0 unspecified atom stereocenters. The number of carbonyl (C=O) groups excluding carboxylic acids is 1. The molecule has 0 aliphatic carbocycles. The molecule has 0 aliphatic rings. The predicted octanol–water partition coefficient (Wildman–Crippen LogP) is 3.37. The summed E-state index contributed by atoms with van der Waals surface area (Å²) in [6.07, 6.45) is 0.669. The molecule has 0 atom stereocenters. The van der Waals surface area contributed by atoms with Gasteiger partial charge in [-0.25, -0.2) is 4.98 Å². The van der Waals surface area contributed by atoms with Gasteiger partial charge in [0.2, 0.25) is 0 Å². The van der Waals surface area contributed by atoms with E-state index in [1.807, 2.05) is 24.3 Å². The zero-order valence-corrected chi connectivity index (χ0v) is 12.9. The highest BCUT2D eigenvalue weighted by atomic mass is 35.5. The molecule has 0 saturated heterocycles. The lowest BCUT2D eigenvalue weighted by Crippen LogP contribution is -2.25. The smallest absolute Gasteiger partial charge is 0.251 e. The molecule has 110 valence electrons. The van der Waals surface area contributed by atoms with Gasteiger partial charge in [0.15, 0.2) is 0 Å². The van der Waals surface area contributed by atoms with Crippen molar-refractivity contribution in [3.8, 4) is 5.75 Å². The molecule has 6 heteroatoms. The van der Waals surface area contributed by atoms with Gasteiger partial charge in [-0.05, 0) is 30.2 Å². The van der Waals surface area contributed by atoms with Gasteiger partial charge in [-0.15, -0.1) is 0 Å². The summed E-state index contributed by atoms with van der Waals surface area (Å²) in [5.41, 5.74) is 1.42. The summed E-state index contributed by atoms with van der Waals surface area (Å²) in [5.74, 6) is 0.567. The molecule has 1 aromatic carbocycles. The van der Waals surface area contributed by atoms with E-state index >= 15 is 0 Å². The highest BCUT2D eigenvalue weighted by molar-refractivity contribution is 6.33. The van der Waals surface area contributed by atoms with Gasteiger partial charge in [0.05, 0.1) is 7.11 Å². The lowest BCUT2D eigenvalue weighted by atomic mass is 10.1. The maximum Gasteiger partial charge on any atom is 0.251 e. The van der Waals surface area contributed by atoms with Crippen LogP contribution >= 0.6 is 23.2 Å². The second-order valence-electron chi connectivity index (χ2n) is 4.32. The molecule has 1 N–H and O–H groups in total. The van der Waals surface area contributed by atoms with Crippen molar-refractivity contribution in [1.82, 2.24) is 10.3 Å². The quantitative estimate of drug-likeness (QED) is 0.858. The number of pyridine rings is 1. The fourth-order valence-corrected chi connectivity index (χ4v) is 2.38. The van der Waals surface area contributed by atoms with Crippen LogP contribution < -0.4 is 10.1 Å². The van der Waals surface area contributed by atoms with Gasteiger partial charge in [-0.2, -0.15) is 0 Å². The van der Waals surface area contributed by atoms with Gasteiger partial charge in [-0.3, -0.25) is 4.79 Å². The molecule has 21 heavy (non-hydrogen) atoms. The van der Waals surface area contributed by atoms with E-state index in [2.05, 4.69) is 10.3 Å². The third-order valence-electron chi connectivity index (χ3n) is 2.90. The van der Waals surface area contributed by atoms with E-state index in [1.165, 1.54) is 12.1 Å². The number of hydrogen-bond donors (Lipinski definition) is 1. The molecule has 0 spiro atoms. The van der Waals surface area contributed by atoms with Crippen LogP contribution in [0.1, 0.15) is 15.9 Å². The minimum absolute atomic E-state index is 0.192. The topological polar surface area (TPSA) is 51.2 Å². The Balaban J connectivity index is 1.95. The maximum absolute atomic E-state index is 12.0. The number of para-hydroxylation sites is 1. The van der Waals surface area contributed by atoms with Gasteiger partial charge >= 0.3 is 0 Å². The average molecular weight is 325 g/mol. The summed E-state index contributed by atoms with van der Waals surface area (Å²) in [7, 11) is 1.62. The molecule has 1 aromatic heterocycles. The fraction of sp³-hybridized carbons (Fsp3) is 0.200. The van der Waals surface area contributed by atoms with Crippen molar-refractivity contribution >= 4 is 29.1 Å². The summed E-state index contributed by atoms with van der Waals surface area (Å²) < 4.78 is 5.26. The van der Waals surface area contributed by atoms with Crippen molar-refractivity contribution in [2.24, 2.45) is 0 Å². The Labute approximate surface area is 133 Å². The minimum Gasteiger partial charge on any atom is -0.496 e. The number of aromatic nitrogens is 1. The SMILES string of the molecule is COc1ccccc1CCNC(=O)c1cc(Cl)nc(Cl)c1. The Morgan fingerprint density at radius 1 is 1.24 bits per heavy atom. The van der Waals surface area contributed by atoms with Crippen molar-refractivity contribution in [2.45, 2.75) is 6.42 Å². The first-order valence-electron chi connectivity index (χ1n) is 6.33. The van der Waals surface area contributed by atoms with Crippen molar-refractivity contribution in [1.29, 1.82) is 0 Å². The molecule has 4 nitrogen and oxygen atoms in total. The number of carbonyl (C=O) groups is 1. The second kappa shape index (κ2) is 7.29.